The van der Waals surface area contributed by atoms with E-state index < -0.39 is 0 Å². The summed E-state index contributed by atoms with van der Waals surface area (Å²) >= 11 is 0. The van der Waals surface area contributed by atoms with Gasteiger partial charge in [-0.2, -0.15) is 9.98 Å². The van der Waals surface area contributed by atoms with Gasteiger partial charge >= 0.3 is 0 Å². The first kappa shape index (κ1) is 14.3. The zero-order valence-electron chi connectivity index (χ0n) is 9.33. The van der Waals surface area contributed by atoms with Crippen molar-refractivity contribution in [3.63, 3.8) is 0 Å². The molecule has 2 aromatic rings. The summed E-state index contributed by atoms with van der Waals surface area (Å²) in [5.41, 5.74) is 2.22. The molecule has 94 valence electrons. The molecule has 0 aliphatic heterocycles. The minimum Gasteiger partial charge on any atom is -0.211 e. The molecule has 19 heavy (non-hydrogen) atoms. The smallest absolute Gasteiger partial charge is 0.211 e. The molecule has 0 heterocycles. The van der Waals surface area contributed by atoms with Gasteiger partial charge in [-0.3, -0.25) is 0 Å². The third-order valence-corrected chi connectivity index (χ3v) is 2.42. The van der Waals surface area contributed by atoms with Gasteiger partial charge in [0, 0.05) is 5.56 Å². The highest BCUT2D eigenvalue weighted by Crippen LogP contribution is 2.37. The number of aliphatic imine (C=N–C) groups is 2. The van der Waals surface area contributed by atoms with Crippen LogP contribution in [0.4, 0.5) is 11.4 Å². The third kappa shape index (κ3) is 3.11. The number of para-hydroxylation sites is 1. The zero-order chi connectivity index (χ0) is 12.8. The van der Waals surface area contributed by atoms with E-state index in [9.17, 15) is 9.59 Å². The van der Waals surface area contributed by atoms with Crippen molar-refractivity contribution in [2.24, 2.45) is 9.98 Å². The van der Waals surface area contributed by atoms with Crippen LogP contribution in [0.2, 0.25) is 0 Å². The van der Waals surface area contributed by atoms with E-state index in [1.807, 2.05) is 30.3 Å². The van der Waals surface area contributed by atoms with Crippen molar-refractivity contribution < 1.29 is 9.59 Å². The Morgan fingerprint density at radius 3 is 2.11 bits per heavy atom. The molecular formula is C15H12N2O2. The van der Waals surface area contributed by atoms with Crippen molar-refractivity contribution >= 4 is 23.5 Å². The highest BCUT2D eigenvalue weighted by molar-refractivity contribution is 5.85. The summed E-state index contributed by atoms with van der Waals surface area (Å²) in [5, 5.41) is 0. The number of carbonyl (C=O) groups excluding carboxylic acids is 2. The fourth-order valence-electron chi connectivity index (χ4n) is 1.68. The molecule has 0 aliphatic rings. The summed E-state index contributed by atoms with van der Waals surface area (Å²) in [6.07, 6.45) is 2.92. The minimum atomic E-state index is 0. The van der Waals surface area contributed by atoms with E-state index in [0.717, 1.165) is 11.1 Å². The maximum Gasteiger partial charge on any atom is 0.240 e. The fraction of sp³-hybridized carbons (Fsp3) is 0.0667. The summed E-state index contributed by atoms with van der Waals surface area (Å²) < 4.78 is 0. The third-order valence-electron chi connectivity index (χ3n) is 2.42. The molecule has 2 aromatic carbocycles. The van der Waals surface area contributed by atoms with E-state index in [1.54, 1.807) is 18.2 Å². The number of nitrogens with zero attached hydrogens (tertiary/aromatic N) is 2. The van der Waals surface area contributed by atoms with Crippen LogP contribution in [-0.2, 0) is 9.59 Å². The monoisotopic (exact) mass is 252 g/mol. The summed E-state index contributed by atoms with van der Waals surface area (Å²) in [6, 6.07) is 14.5. The molecule has 0 radical (unpaired) electrons. The molecule has 0 spiro atoms. The molecule has 4 heteroatoms. The first-order valence-corrected chi connectivity index (χ1v) is 5.21. The number of rotatable bonds is 3. The number of benzene rings is 2. The Morgan fingerprint density at radius 2 is 1.47 bits per heavy atom. The standard InChI is InChI=1S/C14H8N2O2.CH4/c17-9-15-13-8-4-7-12(14(13)16-10-18)11-5-2-1-3-6-11;/h1-8H;1H4. The van der Waals surface area contributed by atoms with Crippen LogP contribution < -0.4 is 0 Å². The highest BCUT2D eigenvalue weighted by atomic mass is 16.1. The predicted octanol–water partition coefficient (Wildman–Crippen LogP) is 3.92. The van der Waals surface area contributed by atoms with E-state index in [0.29, 0.717) is 11.4 Å². The van der Waals surface area contributed by atoms with Gasteiger partial charge in [0.05, 0.1) is 0 Å². The molecule has 0 N–H and O–H groups in total. The molecular weight excluding hydrogens is 240 g/mol. The van der Waals surface area contributed by atoms with Crippen LogP contribution in [0.5, 0.6) is 0 Å². The summed E-state index contributed by atoms with van der Waals surface area (Å²) in [4.78, 5) is 28.0. The Kier molecular flexibility index (Phi) is 5.12. The Morgan fingerprint density at radius 1 is 0.789 bits per heavy atom. The average Bonchev–Trinajstić information content (AvgIpc) is 2.42. The van der Waals surface area contributed by atoms with Gasteiger partial charge in [-0.1, -0.05) is 49.9 Å². The van der Waals surface area contributed by atoms with Crippen molar-refractivity contribution in [2.45, 2.75) is 7.43 Å². The van der Waals surface area contributed by atoms with Gasteiger partial charge in [0.25, 0.3) is 0 Å². The van der Waals surface area contributed by atoms with Gasteiger partial charge in [0.2, 0.25) is 12.2 Å². The SMILES string of the molecule is C.O=C=Nc1cccc(-c2ccccc2)c1N=C=O. The Balaban J connectivity index is 0.00000180. The molecule has 0 fully saturated rings. The van der Waals surface area contributed by atoms with E-state index in [2.05, 4.69) is 9.98 Å². The molecule has 0 saturated carbocycles. The van der Waals surface area contributed by atoms with Crippen molar-refractivity contribution in [3.05, 3.63) is 48.5 Å². The number of hydrogen-bond donors (Lipinski definition) is 0. The second kappa shape index (κ2) is 6.82. The van der Waals surface area contributed by atoms with Crippen LogP contribution in [0.1, 0.15) is 7.43 Å². The average molecular weight is 252 g/mol. The molecule has 0 amide bonds. The van der Waals surface area contributed by atoms with E-state index in [4.69, 9.17) is 0 Å². The molecule has 0 atom stereocenters. The van der Waals surface area contributed by atoms with E-state index >= 15 is 0 Å². The zero-order valence-corrected chi connectivity index (χ0v) is 9.33. The van der Waals surface area contributed by atoms with Gasteiger partial charge in [0.15, 0.2) is 0 Å². The molecule has 2 rings (SSSR count). The lowest BCUT2D eigenvalue weighted by Gasteiger charge is -2.06. The molecule has 0 aliphatic carbocycles. The Bertz CT molecular complexity index is 653. The number of isocyanates is 2. The minimum absolute atomic E-state index is 0. The molecule has 4 nitrogen and oxygen atoms in total. The molecule has 0 unspecified atom stereocenters. The first-order chi connectivity index (χ1) is 8.86. The molecule has 0 aromatic heterocycles. The van der Waals surface area contributed by atoms with Crippen molar-refractivity contribution in [1.82, 2.24) is 0 Å². The van der Waals surface area contributed by atoms with E-state index in [-0.39, 0.29) is 7.43 Å². The molecule has 0 bridgehead atoms. The molecule has 0 saturated heterocycles. The maximum absolute atomic E-state index is 10.5. The highest BCUT2D eigenvalue weighted by Gasteiger charge is 2.08. The second-order valence-electron chi connectivity index (χ2n) is 3.45. The van der Waals surface area contributed by atoms with Crippen LogP contribution in [0.15, 0.2) is 58.5 Å². The lowest BCUT2D eigenvalue weighted by Crippen LogP contribution is -1.79. The topological polar surface area (TPSA) is 58.9 Å². The Hall–Kier alpha value is -2.80. The summed E-state index contributed by atoms with van der Waals surface area (Å²) in [7, 11) is 0. The largest absolute Gasteiger partial charge is 0.240 e. The lowest BCUT2D eigenvalue weighted by molar-refractivity contribution is 0.564. The second-order valence-corrected chi connectivity index (χ2v) is 3.45. The van der Waals surface area contributed by atoms with Crippen LogP contribution >= 0.6 is 0 Å². The quantitative estimate of drug-likeness (QED) is 0.614. The van der Waals surface area contributed by atoms with Gasteiger partial charge in [0.1, 0.15) is 11.4 Å². The van der Waals surface area contributed by atoms with Gasteiger partial charge in [-0.05, 0) is 11.6 Å². The lowest BCUT2D eigenvalue weighted by atomic mass is 10.0. The van der Waals surface area contributed by atoms with Crippen LogP contribution in [0.3, 0.4) is 0 Å². The summed E-state index contributed by atoms with van der Waals surface area (Å²) in [5.74, 6) is 0. The van der Waals surface area contributed by atoms with Gasteiger partial charge in [-0.15, -0.1) is 0 Å². The maximum atomic E-state index is 10.5. The Labute approximate surface area is 111 Å². The van der Waals surface area contributed by atoms with Crippen molar-refractivity contribution in [2.75, 3.05) is 0 Å². The normalized spacial score (nSPS) is 8.63. The fourth-order valence-corrected chi connectivity index (χ4v) is 1.68. The van der Waals surface area contributed by atoms with Gasteiger partial charge < -0.3 is 0 Å². The number of hydrogen-bond acceptors (Lipinski definition) is 4. The van der Waals surface area contributed by atoms with Crippen molar-refractivity contribution in [1.29, 1.82) is 0 Å². The van der Waals surface area contributed by atoms with Crippen LogP contribution in [0, 0.1) is 0 Å². The van der Waals surface area contributed by atoms with E-state index in [1.165, 1.54) is 12.2 Å². The van der Waals surface area contributed by atoms with Gasteiger partial charge in [-0.25, -0.2) is 9.59 Å². The predicted molar refractivity (Wildman–Crippen MR) is 74.2 cm³/mol. The van der Waals surface area contributed by atoms with Crippen LogP contribution in [-0.4, -0.2) is 12.2 Å². The van der Waals surface area contributed by atoms with Crippen LogP contribution in [0.25, 0.3) is 11.1 Å². The first-order valence-electron chi connectivity index (χ1n) is 5.21. The van der Waals surface area contributed by atoms with Crippen molar-refractivity contribution in [3.8, 4) is 11.1 Å². The summed E-state index contributed by atoms with van der Waals surface area (Å²) in [6.45, 7) is 0.